The predicted octanol–water partition coefficient (Wildman–Crippen LogP) is 1.97. The van der Waals surface area contributed by atoms with Gasteiger partial charge in [0, 0.05) is 18.1 Å². The number of carbonyl (C=O) groups excluding carboxylic acids is 1. The lowest BCUT2D eigenvalue weighted by Gasteiger charge is -2.02. The van der Waals surface area contributed by atoms with Crippen molar-refractivity contribution in [1.82, 2.24) is 0 Å². The van der Waals surface area contributed by atoms with Crippen LogP contribution in [0.15, 0.2) is 24.3 Å². The summed E-state index contributed by atoms with van der Waals surface area (Å²) in [7, 11) is 0. The van der Waals surface area contributed by atoms with E-state index < -0.39 is 4.92 Å². The molecule has 0 unspecified atom stereocenters. The van der Waals surface area contributed by atoms with Crippen LogP contribution in [0.4, 0.5) is 5.69 Å². The molecule has 0 aliphatic rings. The van der Waals surface area contributed by atoms with E-state index in [-0.39, 0.29) is 11.6 Å². The van der Waals surface area contributed by atoms with E-state index in [9.17, 15) is 14.9 Å². The Labute approximate surface area is 81.7 Å². The van der Waals surface area contributed by atoms with E-state index >= 15 is 0 Å². The van der Waals surface area contributed by atoms with Crippen LogP contribution in [-0.2, 0) is 11.2 Å². The maximum atomic E-state index is 10.4. The third-order valence-corrected chi connectivity index (χ3v) is 1.94. The van der Waals surface area contributed by atoms with Crippen LogP contribution in [0.1, 0.15) is 12.5 Å². The molecule has 4 nitrogen and oxygen atoms in total. The summed E-state index contributed by atoms with van der Waals surface area (Å²) in [5.74, 6) is -0.0449. The Hall–Kier alpha value is -1.71. The summed E-state index contributed by atoms with van der Waals surface area (Å²) in [6, 6.07) is 6.26. The fourth-order valence-electron chi connectivity index (χ4n) is 1.17. The monoisotopic (exact) mass is 193 g/mol. The molecular formula is C10H11NO3. The molecule has 0 bridgehead atoms. The van der Waals surface area contributed by atoms with E-state index in [0.717, 1.165) is 11.8 Å². The molecule has 0 saturated heterocycles. The zero-order valence-corrected chi connectivity index (χ0v) is 7.84. The second-order valence-corrected chi connectivity index (χ2v) is 3.24. The minimum Gasteiger partial charge on any atom is -0.303 e. The molecule has 0 N–H and O–H groups in total. The van der Waals surface area contributed by atoms with E-state index in [1.807, 2.05) is 6.92 Å². The number of hydrogen-bond donors (Lipinski definition) is 0. The Morgan fingerprint density at radius 3 is 2.43 bits per heavy atom. The van der Waals surface area contributed by atoms with Crippen LogP contribution in [-0.4, -0.2) is 11.2 Å². The van der Waals surface area contributed by atoms with Crippen LogP contribution in [0.25, 0.3) is 0 Å². The van der Waals surface area contributed by atoms with Gasteiger partial charge in [0.1, 0.15) is 6.29 Å². The minimum atomic E-state index is -0.438. The molecule has 0 radical (unpaired) electrons. The van der Waals surface area contributed by atoms with Crippen LogP contribution in [0.3, 0.4) is 0 Å². The number of hydrogen-bond acceptors (Lipinski definition) is 3. The van der Waals surface area contributed by atoms with Gasteiger partial charge in [-0.25, -0.2) is 0 Å². The molecule has 0 saturated carbocycles. The summed E-state index contributed by atoms with van der Waals surface area (Å²) in [6.45, 7) is 1.81. The van der Waals surface area contributed by atoms with Gasteiger partial charge in [0.15, 0.2) is 0 Å². The number of nitrogens with zero attached hydrogens (tertiary/aromatic N) is 1. The van der Waals surface area contributed by atoms with Gasteiger partial charge in [0.25, 0.3) is 5.69 Å². The van der Waals surface area contributed by atoms with E-state index in [1.165, 1.54) is 12.1 Å². The zero-order valence-electron chi connectivity index (χ0n) is 7.84. The van der Waals surface area contributed by atoms with Crippen molar-refractivity contribution < 1.29 is 9.72 Å². The Kier molecular flexibility index (Phi) is 3.34. The third kappa shape index (κ3) is 2.65. The van der Waals surface area contributed by atoms with Crippen LogP contribution in [0, 0.1) is 16.0 Å². The highest BCUT2D eigenvalue weighted by atomic mass is 16.6. The highest BCUT2D eigenvalue weighted by Gasteiger charge is 2.05. The molecule has 0 aliphatic heterocycles. The first-order valence-corrected chi connectivity index (χ1v) is 4.32. The van der Waals surface area contributed by atoms with Gasteiger partial charge in [-0.3, -0.25) is 10.1 Å². The molecule has 0 aromatic heterocycles. The van der Waals surface area contributed by atoms with Gasteiger partial charge in [-0.2, -0.15) is 0 Å². The predicted molar refractivity (Wildman–Crippen MR) is 52.0 cm³/mol. The number of nitro groups is 1. The molecule has 0 fully saturated rings. The maximum Gasteiger partial charge on any atom is 0.269 e. The second kappa shape index (κ2) is 4.50. The van der Waals surface area contributed by atoms with Crippen molar-refractivity contribution in [3.8, 4) is 0 Å². The second-order valence-electron chi connectivity index (χ2n) is 3.24. The van der Waals surface area contributed by atoms with Gasteiger partial charge in [0.2, 0.25) is 0 Å². The minimum absolute atomic E-state index is 0.0449. The van der Waals surface area contributed by atoms with Crippen LogP contribution >= 0.6 is 0 Å². The van der Waals surface area contributed by atoms with Crippen molar-refractivity contribution in [2.75, 3.05) is 0 Å². The van der Waals surface area contributed by atoms with Gasteiger partial charge >= 0.3 is 0 Å². The average Bonchev–Trinajstić information content (AvgIpc) is 2.18. The van der Waals surface area contributed by atoms with Crippen molar-refractivity contribution in [1.29, 1.82) is 0 Å². The number of non-ortho nitro benzene ring substituents is 1. The van der Waals surface area contributed by atoms with Gasteiger partial charge in [-0.05, 0) is 12.0 Å². The van der Waals surface area contributed by atoms with E-state index in [1.54, 1.807) is 12.1 Å². The molecule has 74 valence electrons. The molecule has 14 heavy (non-hydrogen) atoms. The van der Waals surface area contributed by atoms with Crippen LogP contribution < -0.4 is 0 Å². The number of benzene rings is 1. The van der Waals surface area contributed by atoms with Crippen molar-refractivity contribution in [2.24, 2.45) is 5.92 Å². The molecule has 1 rings (SSSR count). The van der Waals surface area contributed by atoms with Gasteiger partial charge in [-0.15, -0.1) is 0 Å². The molecule has 0 aliphatic carbocycles. The first-order valence-electron chi connectivity index (χ1n) is 4.32. The Balaban J connectivity index is 2.73. The van der Waals surface area contributed by atoms with Crippen molar-refractivity contribution in [3.63, 3.8) is 0 Å². The molecule has 1 aromatic carbocycles. The van der Waals surface area contributed by atoms with Gasteiger partial charge in [0.05, 0.1) is 4.92 Å². The van der Waals surface area contributed by atoms with Crippen molar-refractivity contribution >= 4 is 12.0 Å². The average molecular weight is 193 g/mol. The van der Waals surface area contributed by atoms with Crippen LogP contribution in [0.5, 0.6) is 0 Å². The fourth-order valence-corrected chi connectivity index (χ4v) is 1.17. The first kappa shape index (κ1) is 10.4. The Morgan fingerprint density at radius 1 is 1.43 bits per heavy atom. The normalized spacial score (nSPS) is 12.1. The fraction of sp³-hybridized carbons (Fsp3) is 0.300. The topological polar surface area (TPSA) is 60.2 Å². The molecule has 0 spiro atoms. The zero-order chi connectivity index (χ0) is 10.6. The van der Waals surface area contributed by atoms with E-state index in [0.29, 0.717) is 6.42 Å². The molecule has 0 amide bonds. The number of rotatable bonds is 4. The summed E-state index contributed by atoms with van der Waals surface area (Å²) >= 11 is 0. The smallest absolute Gasteiger partial charge is 0.269 e. The summed E-state index contributed by atoms with van der Waals surface area (Å²) in [5, 5.41) is 10.3. The standard InChI is InChI=1S/C10H11NO3/c1-8(7-12)6-9-2-4-10(5-3-9)11(13)14/h2-5,7-8H,6H2,1H3/t8-/m0/s1. The lowest BCUT2D eigenvalue weighted by atomic mass is 10.0. The summed E-state index contributed by atoms with van der Waals surface area (Å²) in [4.78, 5) is 20.3. The Morgan fingerprint density at radius 2 is 2.00 bits per heavy atom. The van der Waals surface area contributed by atoms with Crippen molar-refractivity contribution in [2.45, 2.75) is 13.3 Å². The number of aldehydes is 1. The largest absolute Gasteiger partial charge is 0.303 e. The molecule has 0 heterocycles. The highest BCUT2D eigenvalue weighted by molar-refractivity contribution is 5.53. The maximum absolute atomic E-state index is 10.4. The van der Waals surface area contributed by atoms with Gasteiger partial charge < -0.3 is 4.79 Å². The van der Waals surface area contributed by atoms with Crippen molar-refractivity contribution in [3.05, 3.63) is 39.9 Å². The van der Waals surface area contributed by atoms with Crippen LogP contribution in [0.2, 0.25) is 0 Å². The quantitative estimate of drug-likeness (QED) is 0.417. The number of nitro benzene ring substituents is 1. The Bertz CT molecular complexity index is 332. The van der Waals surface area contributed by atoms with E-state index in [4.69, 9.17) is 0 Å². The molecule has 1 atom stereocenters. The lowest BCUT2D eigenvalue weighted by Crippen LogP contribution is -2.00. The first-order chi connectivity index (χ1) is 6.63. The molecule has 4 heteroatoms. The van der Waals surface area contributed by atoms with E-state index in [2.05, 4.69) is 0 Å². The van der Waals surface area contributed by atoms with Gasteiger partial charge in [-0.1, -0.05) is 19.1 Å². The molecule has 1 aromatic rings. The summed E-state index contributed by atoms with van der Waals surface area (Å²) in [6.07, 6.45) is 1.50. The number of carbonyl (C=O) groups is 1. The highest BCUT2D eigenvalue weighted by Crippen LogP contribution is 2.14. The lowest BCUT2D eigenvalue weighted by molar-refractivity contribution is -0.384. The summed E-state index contributed by atoms with van der Waals surface area (Å²) < 4.78 is 0. The third-order valence-electron chi connectivity index (χ3n) is 1.94. The SMILES string of the molecule is C[C@H](C=O)Cc1ccc([N+](=O)[O-])cc1. The summed E-state index contributed by atoms with van der Waals surface area (Å²) in [5.41, 5.74) is 1.02. The molecular weight excluding hydrogens is 182 g/mol.